The number of urea groups is 1. The topological polar surface area (TPSA) is 66.9 Å². The van der Waals surface area contributed by atoms with E-state index in [0.29, 0.717) is 32.8 Å². The van der Waals surface area contributed by atoms with Crippen molar-refractivity contribution in [3.63, 3.8) is 0 Å². The molecule has 2 aliphatic heterocycles. The highest BCUT2D eigenvalue weighted by Gasteiger charge is 2.22. The Morgan fingerprint density at radius 3 is 2.72 bits per heavy atom. The van der Waals surface area contributed by atoms with E-state index in [2.05, 4.69) is 15.2 Å². The number of nitrogens with zero attached hydrogens (tertiary/aromatic N) is 3. The van der Waals surface area contributed by atoms with Gasteiger partial charge < -0.3 is 24.6 Å². The van der Waals surface area contributed by atoms with Crippen molar-refractivity contribution < 1.29 is 14.3 Å². The van der Waals surface area contributed by atoms with Gasteiger partial charge in [-0.05, 0) is 17.7 Å². The Balaban J connectivity index is 1.28. The molecular weight excluding hydrogens is 340 g/mol. The maximum absolute atomic E-state index is 12.4. The van der Waals surface area contributed by atoms with Crippen LogP contribution in [0.15, 0.2) is 29.8 Å². The molecule has 2 amide bonds. The zero-order chi connectivity index (χ0) is 17.1. The number of carbonyl (C=O) groups is 1. The molecule has 132 valence electrons. The SMILES string of the molecule is O=C(NCc1ccc2c(c1)OCCO2)N1CCN(c2nccs2)CC1. The molecule has 0 spiro atoms. The number of fused-ring (bicyclic) bond motifs is 1. The average Bonchev–Trinajstić information content (AvgIpc) is 3.21. The minimum atomic E-state index is -0.0336. The quantitative estimate of drug-likeness (QED) is 0.906. The fraction of sp³-hybridized carbons (Fsp3) is 0.412. The van der Waals surface area contributed by atoms with Gasteiger partial charge >= 0.3 is 6.03 Å². The Kier molecular flexibility index (Phi) is 4.60. The number of ether oxygens (including phenoxy) is 2. The van der Waals surface area contributed by atoms with Crippen molar-refractivity contribution in [2.24, 2.45) is 0 Å². The fourth-order valence-corrected chi connectivity index (χ4v) is 3.66. The first-order valence-electron chi connectivity index (χ1n) is 8.35. The first-order chi connectivity index (χ1) is 12.3. The van der Waals surface area contributed by atoms with Crippen LogP contribution in [0.4, 0.5) is 9.93 Å². The third kappa shape index (κ3) is 3.63. The molecule has 2 aromatic rings. The highest BCUT2D eigenvalue weighted by atomic mass is 32.1. The lowest BCUT2D eigenvalue weighted by molar-refractivity contribution is 0.171. The van der Waals surface area contributed by atoms with Gasteiger partial charge in [0, 0.05) is 44.3 Å². The van der Waals surface area contributed by atoms with Crippen LogP contribution >= 0.6 is 11.3 Å². The van der Waals surface area contributed by atoms with Gasteiger partial charge in [-0.2, -0.15) is 0 Å². The number of benzene rings is 1. The number of amides is 2. The number of hydrogen-bond acceptors (Lipinski definition) is 6. The molecule has 1 saturated heterocycles. The van der Waals surface area contributed by atoms with E-state index in [0.717, 1.165) is 35.3 Å². The number of thiazole rings is 1. The van der Waals surface area contributed by atoms with Crippen molar-refractivity contribution in [3.05, 3.63) is 35.3 Å². The Hall–Kier alpha value is -2.48. The van der Waals surface area contributed by atoms with Gasteiger partial charge in [-0.25, -0.2) is 9.78 Å². The van der Waals surface area contributed by atoms with Gasteiger partial charge in [0.2, 0.25) is 0 Å². The standard InChI is InChI=1S/C17H20N4O3S/c22-16(20-4-6-21(7-5-20)17-18-3-10-25-17)19-12-13-1-2-14-15(11-13)24-9-8-23-14/h1-3,10-11H,4-9,12H2,(H,19,22). The highest BCUT2D eigenvalue weighted by molar-refractivity contribution is 7.13. The van der Waals surface area contributed by atoms with Crippen molar-refractivity contribution >= 4 is 22.5 Å². The maximum atomic E-state index is 12.4. The third-order valence-electron chi connectivity index (χ3n) is 4.31. The van der Waals surface area contributed by atoms with Crippen molar-refractivity contribution in [3.8, 4) is 11.5 Å². The molecule has 0 bridgehead atoms. The monoisotopic (exact) mass is 360 g/mol. The first-order valence-corrected chi connectivity index (χ1v) is 9.23. The molecule has 1 aromatic carbocycles. The summed E-state index contributed by atoms with van der Waals surface area (Å²) in [5, 5.41) is 5.98. The molecule has 25 heavy (non-hydrogen) atoms. The molecule has 8 heteroatoms. The van der Waals surface area contributed by atoms with E-state index in [4.69, 9.17) is 9.47 Å². The predicted octanol–water partition coefficient (Wildman–Crippen LogP) is 1.95. The number of rotatable bonds is 3. The Bertz CT molecular complexity index is 729. The Labute approximate surface area is 150 Å². The second-order valence-corrected chi connectivity index (χ2v) is 6.80. The van der Waals surface area contributed by atoms with Crippen LogP contribution in [0, 0.1) is 0 Å². The molecule has 0 unspecified atom stereocenters. The molecule has 2 aliphatic rings. The molecule has 3 heterocycles. The fourth-order valence-electron chi connectivity index (χ4n) is 2.96. The summed E-state index contributed by atoms with van der Waals surface area (Å²) in [5.74, 6) is 1.51. The molecule has 1 aromatic heterocycles. The molecule has 4 rings (SSSR count). The van der Waals surface area contributed by atoms with E-state index in [1.54, 1.807) is 11.3 Å². The number of anilines is 1. The zero-order valence-electron chi connectivity index (χ0n) is 13.8. The summed E-state index contributed by atoms with van der Waals surface area (Å²) in [5.41, 5.74) is 0.999. The molecule has 0 saturated carbocycles. The van der Waals surface area contributed by atoms with Crippen LogP contribution in [0.3, 0.4) is 0 Å². The number of carbonyl (C=O) groups excluding carboxylic acids is 1. The van der Waals surface area contributed by atoms with E-state index in [1.165, 1.54) is 0 Å². The van der Waals surface area contributed by atoms with Crippen LogP contribution in [0.1, 0.15) is 5.56 Å². The predicted molar refractivity (Wildman–Crippen MR) is 95.6 cm³/mol. The minimum Gasteiger partial charge on any atom is -0.486 e. The molecule has 0 radical (unpaired) electrons. The van der Waals surface area contributed by atoms with Crippen LogP contribution in [0.25, 0.3) is 0 Å². The lowest BCUT2D eigenvalue weighted by atomic mass is 10.2. The van der Waals surface area contributed by atoms with Gasteiger partial charge in [0.05, 0.1) is 0 Å². The summed E-state index contributed by atoms with van der Waals surface area (Å²) < 4.78 is 11.1. The summed E-state index contributed by atoms with van der Waals surface area (Å²) in [6, 6.07) is 5.74. The number of nitrogens with one attached hydrogen (secondary N) is 1. The second-order valence-electron chi connectivity index (χ2n) is 5.93. The summed E-state index contributed by atoms with van der Waals surface area (Å²) in [6.07, 6.45) is 1.81. The second kappa shape index (κ2) is 7.18. The number of hydrogen-bond donors (Lipinski definition) is 1. The Morgan fingerprint density at radius 1 is 1.16 bits per heavy atom. The maximum Gasteiger partial charge on any atom is 0.317 e. The summed E-state index contributed by atoms with van der Waals surface area (Å²) >= 11 is 1.63. The van der Waals surface area contributed by atoms with Crippen molar-refractivity contribution in [2.75, 3.05) is 44.3 Å². The van der Waals surface area contributed by atoms with Crippen LogP contribution in [0.5, 0.6) is 11.5 Å². The summed E-state index contributed by atoms with van der Waals surface area (Å²) in [4.78, 5) is 20.8. The van der Waals surface area contributed by atoms with Gasteiger partial charge in [0.25, 0.3) is 0 Å². The third-order valence-corrected chi connectivity index (χ3v) is 5.14. The molecular formula is C17H20N4O3S. The molecule has 0 aliphatic carbocycles. The largest absolute Gasteiger partial charge is 0.486 e. The van der Waals surface area contributed by atoms with Crippen molar-refractivity contribution in [2.45, 2.75) is 6.54 Å². The van der Waals surface area contributed by atoms with Gasteiger partial charge in [-0.3, -0.25) is 0 Å². The number of piperazine rings is 1. The number of aromatic nitrogens is 1. The minimum absolute atomic E-state index is 0.0336. The highest BCUT2D eigenvalue weighted by Crippen LogP contribution is 2.30. The van der Waals surface area contributed by atoms with Crippen LogP contribution in [0.2, 0.25) is 0 Å². The van der Waals surface area contributed by atoms with E-state index >= 15 is 0 Å². The smallest absolute Gasteiger partial charge is 0.317 e. The molecule has 1 N–H and O–H groups in total. The zero-order valence-corrected chi connectivity index (χ0v) is 14.6. The van der Waals surface area contributed by atoms with Crippen LogP contribution in [-0.2, 0) is 6.54 Å². The van der Waals surface area contributed by atoms with Crippen molar-refractivity contribution in [1.82, 2.24) is 15.2 Å². The van der Waals surface area contributed by atoms with Gasteiger partial charge in [0.15, 0.2) is 16.6 Å². The van der Waals surface area contributed by atoms with Gasteiger partial charge in [-0.15, -0.1) is 11.3 Å². The van der Waals surface area contributed by atoms with E-state index in [1.807, 2.05) is 34.7 Å². The van der Waals surface area contributed by atoms with E-state index < -0.39 is 0 Å². The van der Waals surface area contributed by atoms with Gasteiger partial charge in [0.1, 0.15) is 13.2 Å². The van der Waals surface area contributed by atoms with E-state index in [9.17, 15) is 4.79 Å². The summed E-state index contributed by atoms with van der Waals surface area (Å²) in [6.45, 7) is 4.64. The Morgan fingerprint density at radius 2 is 1.96 bits per heavy atom. The molecule has 1 fully saturated rings. The average molecular weight is 360 g/mol. The van der Waals surface area contributed by atoms with Crippen LogP contribution < -0.4 is 19.7 Å². The normalized spacial score (nSPS) is 16.6. The van der Waals surface area contributed by atoms with Crippen LogP contribution in [-0.4, -0.2) is 55.3 Å². The lowest BCUT2D eigenvalue weighted by Crippen LogP contribution is -2.51. The molecule has 7 nitrogen and oxygen atoms in total. The lowest BCUT2D eigenvalue weighted by Gasteiger charge is -2.34. The van der Waals surface area contributed by atoms with Gasteiger partial charge in [-0.1, -0.05) is 6.07 Å². The first kappa shape index (κ1) is 16.0. The van der Waals surface area contributed by atoms with Crippen molar-refractivity contribution in [1.29, 1.82) is 0 Å². The summed E-state index contributed by atoms with van der Waals surface area (Å²) in [7, 11) is 0. The van der Waals surface area contributed by atoms with E-state index in [-0.39, 0.29) is 6.03 Å². The molecule has 0 atom stereocenters.